The molecule has 0 rings (SSSR count). The standard InChI is InChI=1S/C19H36N6O6/c1-11(2)9-12(21)17(28)23-10-16(27)24-13(6-7-15(22)26)18(29)25-14(19(30)31)5-3-4-8-20/h11-14H,3-10,20-21H2,1-2H3,(H2,22,26)(H,23,28)(H,24,27)(H,25,29)(H,30,31). The maximum Gasteiger partial charge on any atom is 0.326 e. The highest BCUT2D eigenvalue weighted by Crippen LogP contribution is 2.04. The molecule has 0 aromatic carbocycles. The lowest BCUT2D eigenvalue weighted by atomic mass is 10.0. The predicted octanol–water partition coefficient (Wildman–Crippen LogP) is -2.08. The molecule has 0 aliphatic carbocycles. The van der Waals surface area contributed by atoms with Crippen molar-refractivity contribution in [3.8, 4) is 0 Å². The van der Waals surface area contributed by atoms with E-state index in [1.165, 1.54) is 0 Å². The van der Waals surface area contributed by atoms with E-state index in [9.17, 15) is 29.1 Å². The number of carbonyl (C=O) groups is 5. The third kappa shape index (κ3) is 13.2. The first-order chi connectivity index (χ1) is 14.5. The summed E-state index contributed by atoms with van der Waals surface area (Å²) in [5, 5.41) is 16.4. The highest BCUT2D eigenvalue weighted by Gasteiger charge is 2.27. The van der Waals surface area contributed by atoms with Crippen molar-refractivity contribution in [1.29, 1.82) is 0 Å². The van der Waals surface area contributed by atoms with E-state index in [0.717, 1.165) is 0 Å². The molecule has 31 heavy (non-hydrogen) atoms. The lowest BCUT2D eigenvalue weighted by Crippen LogP contribution is -2.54. The Bertz CT molecular complexity index is 627. The van der Waals surface area contributed by atoms with Crippen LogP contribution in [0.5, 0.6) is 0 Å². The highest BCUT2D eigenvalue weighted by molar-refractivity contribution is 5.92. The number of hydrogen-bond donors (Lipinski definition) is 7. The van der Waals surface area contributed by atoms with Gasteiger partial charge in [-0.2, -0.15) is 0 Å². The third-order valence-electron chi connectivity index (χ3n) is 4.38. The van der Waals surface area contributed by atoms with Crippen LogP contribution < -0.4 is 33.2 Å². The summed E-state index contributed by atoms with van der Waals surface area (Å²) in [5.41, 5.74) is 16.2. The van der Waals surface area contributed by atoms with Crippen LogP contribution >= 0.6 is 0 Å². The SMILES string of the molecule is CC(C)CC(N)C(=O)NCC(=O)NC(CCC(N)=O)C(=O)NC(CCCCN)C(=O)O. The number of primary amides is 1. The molecule has 0 bridgehead atoms. The van der Waals surface area contributed by atoms with Crippen LogP contribution in [0, 0.1) is 5.92 Å². The zero-order chi connectivity index (χ0) is 24.0. The summed E-state index contributed by atoms with van der Waals surface area (Å²) in [4.78, 5) is 59.1. The number of aliphatic carboxylic acids is 1. The minimum atomic E-state index is -1.23. The Labute approximate surface area is 182 Å². The summed E-state index contributed by atoms with van der Waals surface area (Å²) in [5.74, 6) is -3.67. The van der Waals surface area contributed by atoms with Gasteiger partial charge in [-0.05, 0) is 44.6 Å². The molecule has 0 aliphatic rings. The van der Waals surface area contributed by atoms with Crippen molar-refractivity contribution in [2.45, 2.75) is 70.5 Å². The summed E-state index contributed by atoms with van der Waals surface area (Å²) in [7, 11) is 0. The number of carbonyl (C=O) groups excluding carboxylic acids is 4. The molecule has 0 aliphatic heterocycles. The third-order valence-corrected chi connectivity index (χ3v) is 4.38. The highest BCUT2D eigenvalue weighted by atomic mass is 16.4. The Hall–Kier alpha value is -2.73. The Kier molecular flexibility index (Phi) is 13.8. The first kappa shape index (κ1) is 28.3. The van der Waals surface area contributed by atoms with Gasteiger partial charge in [0.2, 0.25) is 23.6 Å². The van der Waals surface area contributed by atoms with Gasteiger partial charge >= 0.3 is 5.97 Å². The Morgan fingerprint density at radius 3 is 2.10 bits per heavy atom. The molecule has 0 saturated heterocycles. The van der Waals surface area contributed by atoms with Crippen LogP contribution in [0.15, 0.2) is 0 Å². The summed E-state index contributed by atoms with van der Waals surface area (Å²) >= 11 is 0. The fourth-order valence-corrected chi connectivity index (χ4v) is 2.74. The molecule has 0 saturated carbocycles. The van der Waals surface area contributed by atoms with E-state index in [4.69, 9.17) is 17.2 Å². The molecular weight excluding hydrogens is 408 g/mol. The lowest BCUT2D eigenvalue weighted by molar-refractivity contribution is -0.142. The van der Waals surface area contributed by atoms with Crippen LogP contribution in [0.1, 0.15) is 52.4 Å². The molecule has 0 heterocycles. The number of nitrogens with one attached hydrogen (secondary N) is 3. The van der Waals surface area contributed by atoms with E-state index in [1.807, 2.05) is 13.8 Å². The van der Waals surface area contributed by atoms with Gasteiger partial charge in [0.05, 0.1) is 12.6 Å². The predicted molar refractivity (Wildman–Crippen MR) is 113 cm³/mol. The minimum absolute atomic E-state index is 0.122. The van der Waals surface area contributed by atoms with Crippen molar-refractivity contribution in [3.63, 3.8) is 0 Å². The molecule has 0 aromatic heterocycles. The fraction of sp³-hybridized carbons (Fsp3) is 0.737. The maximum absolute atomic E-state index is 12.5. The second-order valence-corrected chi connectivity index (χ2v) is 7.76. The molecule has 10 N–H and O–H groups in total. The van der Waals surface area contributed by atoms with Crippen molar-refractivity contribution in [2.24, 2.45) is 23.1 Å². The minimum Gasteiger partial charge on any atom is -0.480 e. The molecule has 0 aromatic rings. The van der Waals surface area contributed by atoms with Gasteiger partial charge in [-0.1, -0.05) is 13.8 Å². The number of unbranched alkanes of at least 4 members (excludes halogenated alkanes) is 1. The zero-order valence-electron chi connectivity index (χ0n) is 18.2. The van der Waals surface area contributed by atoms with Crippen LogP contribution in [-0.4, -0.2) is 65.9 Å². The summed E-state index contributed by atoms with van der Waals surface area (Å²) < 4.78 is 0. The van der Waals surface area contributed by atoms with Crippen LogP contribution in [0.4, 0.5) is 0 Å². The second kappa shape index (κ2) is 15.1. The molecule has 4 amide bonds. The summed E-state index contributed by atoms with van der Waals surface area (Å²) in [6.45, 7) is 3.78. The number of carboxylic acids is 1. The average molecular weight is 445 g/mol. The van der Waals surface area contributed by atoms with E-state index in [-0.39, 0.29) is 25.2 Å². The smallest absolute Gasteiger partial charge is 0.326 e. The van der Waals surface area contributed by atoms with E-state index >= 15 is 0 Å². The van der Waals surface area contributed by atoms with Gasteiger partial charge in [-0.15, -0.1) is 0 Å². The number of amides is 4. The van der Waals surface area contributed by atoms with Gasteiger partial charge in [-0.3, -0.25) is 19.2 Å². The molecule has 3 unspecified atom stereocenters. The topological polar surface area (TPSA) is 220 Å². The zero-order valence-corrected chi connectivity index (χ0v) is 18.2. The lowest BCUT2D eigenvalue weighted by Gasteiger charge is -2.21. The van der Waals surface area contributed by atoms with Crippen molar-refractivity contribution >= 4 is 29.6 Å². The molecule has 12 heteroatoms. The van der Waals surface area contributed by atoms with Crippen molar-refractivity contribution in [1.82, 2.24) is 16.0 Å². The van der Waals surface area contributed by atoms with Crippen LogP contribution in [0.2, 0.25) is 0 Å². The Balaban J connectivity index is 4.93. The quantitative estimate of drug-likeness (QED) is 0.131. The number of rotatable bonds is 16. The Morgan fingerprint density at radius 2 is 1.58 bits per heavy atom. The molecule has 178 valence electrons. The number of nitrogens with two attached hydrogens (primary N) is 3. The maximum atomic E-state index is 12.5. The molecule has 0 fully saturated rings. The second-order valence-electron chi connectivity index (χ2n) is 7.76. The van der Waals surface area contributed by atoms with E-state index in [1.54, 1.807) is 0 Å². The largest absolute Gasteiger partial charge is 0.480 e. The van der Waals surface area contributed by atoms with Crippen LogP contribution in [0.3, 0.4) is 0 Å². The molecular formula is C19H36N6O6. The monoisotopic (exact) mass is 444 g/mol. The Morgan fingerprint density at radius 1 is 0.935 bits per heavy atom. The van der Waals surface area contributed by atoms with E-state index in [2.05, 4.69) is 16.0 Å². The van der Waals surface area contributed by atoms with Gasteiger partial charge < -0.3 is 38.3 Å². The molecule has 0 radical (unpaired) electrons. The summed E-state index contributed by atoms with van der Waals surface area (Å²) in [6.07, 6.45) is 1.38. The normalized spacial score (nSPS) is 13.7. The van der Waals surface area contributed by atoms with Gasteiger partial charge in [0.25, 0.3) is 0 Å². The van der Waals surface area contributed by atoms with Gasteiger partial charge in [0, 0.05) is 6.42 Å². The number of carboxylic acid groups (broad SMARTS) is 1. The first-order valence-corrected chi connectivity index (χ1v) is 10.3. The van der Waals surface area contributed by atoms with E-state index in [0.29, 0.717) is 25.8 Å². The van der Waals surface area contributed by atoms with E-state index < -0.39 is 54.3 Å². The van der Waals surface area contributed by atoms with Gasteiger partial charge in [0.1, 0.15) is 12.1 Å². The average Bonchev–Trinajstić information content (AvgIpc) is 2.67. The molecule has 12 nitrogen and oxygen atoms in total. The summed E-state index contributed by atoms with van der Waals surface area (Å²) in [6, 6.07) is -3.13. The van der Waals surface area contributed by atoms with Crippen molar-refractivity contribution in [2.75, 3.05) is 13.1 Å². The molecule has 3 atom stereocenters. The van der Waals surface area contributed by atoms with Crippen molar-refractivity contribution in [3.05, 3.63) is 0 Å². The first-order valence-electron chi connectivity index (χ1n) is 10.3. The van der Waals surface area contributed by atoms with Crippen LogP contribution in [0.25, 0.3) is 0 Å². The molecule has 0 spiro atoms. The van der Waals surface area contributed by atoms with Gasteiger partial charge in [-0.25, -0.2) is 4.79 Å². The van der Waals surface area contributed by atoms with Gasteiger partial charge in [0.15, 0.2) is 0 Å². The fourth-order valence-electron chi connectivity index (χ4n) is 2.74. The number of hydrogen-bond acceptors (Lipinski definition) is 7. The van der Waals surface area contributed by atoms with Crippen molar-refractivity contribution < 1.29 is 29.1 Å². The van der Waals surface area contributed by atoms with Crippen LogP contribution in [-0.2, 0) is 24.0 Å².